The third-order valence-corrected chi connectivity index (χ3v) is 4.04. The maximum absolute atomic E-state index is 10.7. The molecule has 0 radical (unpaired) electrons. The highest BCUT2D eigenvalue weighted by molar-refractivity contribution is 5.52. The molecule has 1 N–H and O–H groups in total. The smallest absolute Gasteiger partial charge is 0.161 e. The van der Waals surface area contributed by atoms with E-state index in [0.29, 0.717) is 11.5 Å². The quantitative estimate of drug-likeness (QED) is 0.729. The second kappa shape index (κ2) is 6.93. The Morgan fingerprint density at radius 3 is 2.09 bits per heavy atom. The Hall–Kier alpha value is -1.18. The first kappa shape index (κ1) is 18.9. The summed E-state index contributed by atoms with van der Waals surface area (Å²) in [6.45, 7) is 17.2. The Morgan fingerprint density at radius 1 is 1.05 bits per heavy atom. The molecule has 22 heavy (non-hydrogen) atoms. The van der Waals surface area contributed by atoms with E-state index in [9.17, 15) is 5.11 Å². The summed E-state index contributed by atoms with van der Waals surface area (Å²) in [6, 6.07) is 4.13. The van der Waals surface area contributed by atoms with Crippen molar-refractivity contribution in [2.45, 2.75) is 91.6 Å². The first-order valence-corrected chi connectivity index (χ1v) is 8.51. The van der Waals surface area contributed by atoms with Gasteiger partial charge in [0, 0.05) is 5.56 Å². The van der Waals surface area contributed by atoms with Gasteiger partial charge in [0.05, 0.1) is 6.10 Å². The highest BCUT2D eigenvalue weighted by atomic mass is 16.5. The average molecular weight is 306 g/mol. The lowest BCUT2D eigenvalue weighted by Crippen LogP contribution is -2.18. The molecule has 0 aliphatic heterocycles. The van der Waals surface area contributed by atoms with Crippen LogP contribution >= 0.6 is 0 Å². The van der Waals surface area contributed by atoms with Gasteiger partial charge < -0.3 is 9.84 Å². The SMILES string of the molecule is CCCCC(C)Oc1cc(C(C)(C)C)cc(C(C)(C)C)c1O. The summed E-state index contributed by atoms with van der Waals surface area (Å²) in [5, 5.41) is 10.7. The summed E-state index contributed by atoms with van der Waals surface area (Å²) in [5.74, 6) is 0.921. The van der Waals surface area contributed by atoms with E-state index in [2.05, 4.69) is 61.5 Å². The van der Waals surface area contributed by atoms with Crippen LogP contribution in [0, 0.1) is 0 Å². The van der Waals surface area contributed by atoms with Crippen molar-refractivity contribution in [3.63, 3.8) is 0 Å². The zero-order valence-corrected chi connectivity index (χ0v) is 15.7. The highest BCUT2D eigenvalue weighted by Gasteiger charge is 2.26. The van der Waals surface area contributed by atoms with Gasteiger partial charge in [-0.1, -0.05) is 67.4 Å². The number of phenols is 1. The van der Waals surface area contributed by atoms with E-state index >= 15 is 0 Å². The summed E-state index contributed by atoms with van der Waals surface area (Å²) in [4.78, 5) is 0. The average Bonchev–Trinajstić information content (AvgIpc) is 2.36. The van der Waals surface area contributed by atoms with Crippen LogP contribution < -0.4 is 4.74 Å². The van der Waals surface area contributed by atoms with Gasteiger partial charge >= 0.3 is 0 Å². The van der Waals surface area contributed by atoms with Gasteiger partial charge in [0.15, 0.2) is 11.5 Å². The van der Waals surface area contributed by atoms with Crippen molar-refractivity contribution in [2.24, 2.45) is 0 Å². The van der Waals surface area contributed by atoms with Gasteiger partial charge in [-0.25, -0.2) is 0 Å². The number of benzene rings is 1. The van der Waals surface area contributed by atoms with E-state index in [1.807, 2.05) is 6.07 Å². The highest BCUT2D eigenvalue weighted by Crippen LogP contribution is 2.42. The van der Waals surface area contributed by atoms with E-state index in [-0.39, 0.29) is 16.9 Å². The monoisotopic (exact) mass is 306 g/mol. The van der Waals surface area contributed by atoms with Gasteiger partial charge in [-0.15, -0.1) is 0 Å². The lowest BCUT2D eigenvalue weighted by molar-refractivity contribution is 0.198. The number of aromatic hydroxyl groups is 1. The first-order chi connectivity index (χ1) is 9.96. The number of rotatable bonds is 5. The maximum Gasteiger partial charge on any atom is 0.161 e. The maximum atomic E-state index is 10.7. The molecule has 1 aromatic rings. The van der Waals surface area contributed by atoms with E-state index in [4.69, 9.17) is 4.74 Å². The molecule has 0 amide bonds. The van der Waals surface area contributed by atoms with E-state index in [1.165, 1.54) is 5.56 Å². The van der Waals surface area contributed by atoms with Crippen molar-refractivity contribution in [1.29, 1.82) is 0 Å². The molecule has 0 saturated carbocycles. The molecule has 2 heteroatoms. The number of unbranched alkanes of at least 4 members (excludes halogenated alkanes) is 1. The summed E-state index contributed by atoms with van der Waals surface area (Å²) >= 11 is 0. The minimum Gasteiger partial charge on any atom is -0.504 e. The molecule has 0 fully saturated rings. The Labute approximate surface area is 136 Å². The number of ether oxygens (including phenoxy) is 1. The number of phenolic OH excluding ortho intramolecular Hbond substituents is 1. The minimum atomic E-state index is -0.115. The number of hydrogen-bond donors (Lipinski definition) is 1. The second-order valence-electron chi connectivity index (χ2n) is 8.44. The largest absolute Gasteiger partial charge is 0.504 e. The lowest BCUT2D eigenvalue weighted by atomic mass is 9.80. The molecule has 0 heterocycles. The zero-order chi connectivity index (χ0) is 17.1. The van der Waals surface area contributed by atoms with Gasteiger partial charge in [0.1, 0.15) is 0 Å². The molecule has 2 nitrogen and oxygen atoms in total. The minimum absolute atomic E-state index is 0.0263. The van der Waals surface area contributed by atoms with Gasteiger partial charge in [-0.05, 0) is 35.8 Å². The van der Waals surface area contributed by atoms with Crippen LogP contribution in [0.5, 0.6) is 11.5 Å². The third kappa shape index (κ3) is 4.93. The standard InChI is InChI=1S/C20H34O2/c1-9-10-11-14(2)22-17-13-15(19(3,4)5)12-16(18(17)21)20(6,7)8/h12-14,21H,9-11H2,1-8H3. The lowest BCUT2D eigenvalue weighted by Gasteiger charge is -2.28. The molecule has 0 aliphatic rings. The molecular weight excluding hydrogens is 272 g/mol. The summed E-state index contributed by atoms with van der Waals surface area (Å²) in [7, 11) is 0. The second-order valence-corrected chi connectivity index (χ2v) is 8.44. The van der Waals surface area contributed by atoms with E-state index in [0.717, 1.165) is 24.8 Å². The van der Waals surface area contributed by atoms with Crippen LogP contribution in [0.4, 0.5) is 0 Å². The zero-order valence-electron chi connectivity index (χ0n) is 15.7. The van der Waals surface area contributed by atoms with E-state index < -0.39 is 0 Å². The molecule has 1 unspecified atom stereocenters. The molecule has 0 aliphatic carbocycles. The molecule has 1 aromatic carbocycles. The van der Waals surface area contributed by atoms with Crippen molar-refractivity contribution >= 4 is 0 Å². The van der Waals surface area contributed by atoms with E-state index in [1.54, 1.807) is 0 Å². The van der Waals surface area contributed by atoms with Crippen LogP contribution in [-0.4, -0.2) is 11.2 Å². The first-order valence-electron chi connectivity index (χ1n) is 8.51. The molecule has 1 atom stereocenters. The van der Waals surface area contributed by atoms with Crippen LogP contribution in [0.15, 0.2) is 12.1 Å². The van der Waals surface area contributed by atoms with Crippen molar-refractivity contribution in [3.05, 3.63) is 23.3 Å². The fraction of sp³-hybridized carbons (Fsp3) is 0.700. The summed E-state index contributed by atoms with van der Waals surface area (Å²) in [6.07, 6.45) is 3.44. The Balaban J connectivity index is 3.25. The summed E-state index contributed by atoms with van der Waals surface area (Å²) < 4.78 is 6.07. The van der Waals surface area contributed by atoms with Crippen molar-refractivity contribution in [2.75, 3.05) is 0 Å². The predicted octanol–water partition coefficient (Wildman–Crippen LogP) is 5.94. The Kier molecular flexibility index (Phi) is 5.95. The topological polar surface area (TPSA) is 29.5 Å². The van der Waals surface area contributed by atoms with Crippen LogP contribution in [-0.2, 0) is 10.8 Å². The third-order valence-electron chi connectivity index (χ3n) is 4.04. The molecule has 126 valence electrons. The van der Waals surface area contributed by atoms with Crippen LogP contribution in [0.25, 0.3) is 0 Å². The van der Waals surface area contributed by atoms with Crippen molar-refractivity contribution in [1.82, 2.24) is 0 Å². The Morgan fingerprint density at radius 2 is 1.64 bits per heavy atom. The van der Waals surface area contributed by atoms with Crippen molar-refractivity contribution < 1.29 is 9.84 Å². The molecular formula is C20H34O2. The fourth-order valence-corrected chi connectivity index (χ4v) is 2.47. The van der Waals surface area contributed by atoms with Crippen molar-refractivity contribution in [3.8, 4) is 11.5 Å². The molecule has 1 rings (SSSR count). The summed E-state index contributed by atoms with van der Waals surface area (Å²) in [5.41, 5.74) is 2.07. The number of hydrogen-bond acceptors (Lipinski definition) is 2. The normalized spacial score (nSPS) is 14.0. The van der Waals surface area contributed by atoms with Gasteiger partial charge in [0.2, 0.25) is 0 Å². The van der Waals surface area contributed by atoms with Crippen LogP contribution in [0.2, 0.25) is 0 Å². The molecule has 0 aromatic heterocycles. The molecule has 0 spiro atoms. The molecule has 0 saturated heterocycles. The molecule has 0 bridgehead atoms. The van der Waals surface area contributed by atoms with Gasteiger partial charge in [-0.2, -0.15) is 0 Å². The Bertz CT molecular complexity index is 490. The van der Waals surface area contributed by atoms with Gasteiger partial charge in [0.25, 0.3) is 0 Å². The fourth-order valence-electron chi connectivity index (χ4n) is 2.47. The predicted molar refractivity (Wildman–Crippen MR) is 95.1 cm³/mol. The van der Waals surface area contributed by atoms with Crippen LogP contribution in [0.3, 0.4) is 0 Å². The van der Waals surface area contributed by atoms with Crippen LogP contribution in [0.1, 0.15) is 85.8 Å². The van der Waals surface area contributed by atoms with Gasteiger partial charge in [-0.3, -0.25) is 0 Å².